The van der Waals surface area contributed by atoms with Crippen molar-refractivity contribution in [1.82, 2.24) is 9.78 Å². The molecule has 8 heteroatoms. The van der Waals surface area contributed by atoms with Gasteiger partial charge in [0.25, 0.3) is 0 Å². The predicted molar refractivity (Wildman–Crippen MR) is 58.3 cm³/mol. The van der Waals surface area contributed by atoms with E-state index in [1.54, 1.807) is 0 Å². The quantitative estimate of drug-likeness (QED) is 0.632. The van der Waals surface area contributed by atoms with Crippen LogP contribution in [0, 0.1) is 0 Å². The topological polar surface area (TPSA) is 44.1 Å². The summed E-state index contributed by atoms with van der Waals surface area (Å²) in [6.45, 7) is 3.26. The molecule has 0 saturated carbocycles. The molecule has 0 aromatic carbocycles. The first kappa shape index (κ1) is 15.5. The number of ether oxygens (including phenoxy) is 1. The third-order valence-electron chi connectivity index (χ3n) is 2.36. The van der Waals surface area contributed by atoms with Crippen molar-refractivity contribution in [1.29, 1.82) is 0 Å². The Hall–Kier alpha value is -1.60. The molecular weight excluding hydrogens is 268 g/mol. The molecule has 1 aromatic rings. The summed E-state index contributed by atoms with van der Waals surface area (Å²) >= 11 is 0. The molecule has 1 aromatic heterocycles. The summed E-state index contributed by atoms with van der Waals surface area (Å²) in [7, 11) is 1.14. The number of aromatic nitrogens is 2. The Balaban J connectivity index is 3.56. The standard InChI is InChI=1S/C11H14F4N2O2/c1-5-19-9(18)7-6(11(13,14)15)8(10(2,3)12)16-17(7)4/h5H2,1-4H3. The molecule has 19 heavy (non-hydrogen) atoms. The first-order chi connectivity index (χ1) is 8.50. The fourth-order valence-electron chi connectivity index (χ4n) is 1.64. The summed E-state index contributed by atoms with van der Waals surface area (Å²) in [5.74, 6) is -1.18. The molecule has 0 atom stereocenters. The highest BCUT2D eigenvalue weighted by molar-refractivity contribution is 5.90. The molecule has 0 aliphatic carbocycles. The average molecular weight is 282 g/mol. The Morgan fingerprint density at radius 3 is 2.21 bits per heavy atom. The molecular formula is C11H14F4N2O2. The van der Waals surface area contributed by atoms with Gasteiger partial charge in [0.2, 0.25) is 0 Å². The van der Waals surface area contributed by atoms with E-state index in [9.17, 15) is 22.4 Å². The molecule has 0 radical (unpaired) electrons. The Morgan fingerprint density at radius 1 is 1.32 bits per heavy atom. The summed E-state index contributed by atoms with van der Waals surface area (Å²) < 4.78 is 58.1. The fourth-order valence-corrected chi connectivity index (χ4v) is 1.64. The van der Waals surface area contributed by atoms with Crippen LogP contribution in [0.3, 0.4) is 0 Å². The van der Waals surface area contributed by atoms with Crippen LogP contribution in [-0.4, -0.2) is 22.4 Å². The van der Waals surface area contributed by atoms with Gasteiger partial charge < -0.3 is 4.74 Å². The van der Waals surface area contributed by atoms with Crippen molar-refractivity contribution in [2.24, 2.45) is 7.05 Å². The number of esters is 1. The van der Waals surface area contributed by atoms with Crippen LogP contribution in [-0.2, 0) is 23.6 Å². The zero-order chi connectivity index (χ0) is 15.0. The molecule has 0 saturated heterocycles. The summed E-state index contributed by atoms with van der Waals surface area (Å²) in [5, 5.41) is 3.47. The van der Waals surface area contributed by atoms with Crippen LogP contribution in [0.25, 0.3) is 0 Å². The molecule has 1 rings (SSSR count). The number of carbonyl (C=O) groups is 1. The van der Waals surface area contributed by atoms with Crippen molar-refractivity contribution in [2.45, 2.75) is 32.6 Å². The van der Waals surface area contributed by atoms with E-state index in [0.29, 0.717) is 4.68 Å². The molecule has 0 aliphatic rings. The molecule has 4 nitrogen and oxygen atoms in total. The van der Waals surface area contributed by atoms with Gasteiger partial charge in [0.15, 0.2) is 5.69 Å². The van der Waals surface area contributed by atoms with E-state index in [-0.39, 0.29) is 6.61 Å². The van der Waals surface area contributed by atoms with Crippen molar-refractivity contribution >= 4 is 5.97 Å². The van der Waals surface area contributed by atoms with Crippen LogP contribution >= 0.6 is 0 Å². The van der Waals surface area contributed by atoms with Crippen LogP contribution in [0.1, 0.15) is 42.5 Å². The van der Waals surface area contributed by atoms with Gasteiger partial charge >= 0.3 is 12.1 Å². The third-order valence-corrected chi connectivity index (χ3v) is 2.36. The normalized spacial score (nSPS) is 12.6. The number of carbonyl (C=O) groups excluding carboxylic acids is 1. The van der Waals surface area contributed by atoms with Crippen molar-refractivity contribution < 1.29 is 27.1 Å². The number of alkyl halides is 4. The van der Waals surface area contributed by atoms with Crippen molar-refractivity contribution in [3.63, 3.8) is 0 Å². The molecule has 108 valence electrons. The van der Waals surface area contributed by atoms with Gasteiger partial charge in [-0.2, -0.15) is 18.3 Å². The first-order valence-electron chi connectivity index (χ1n) is 5.50. The Morgan fingerprint density at radius 2 is 1.84 bits per heavy atom. The maximum atomic E-state index is 13.8. The zero-order valence-corrected chi connectivity index (χ0v) is 10.9. The largest absolute Gasteiger partial charge is 0.461 e. The average Bonchev–Trinajstić information content (AvgIpc) is 2.55. The molecule has 0 spiro atoms. The second-order valence-corrected chi connectivity index (χ2v) is 4.39. The number of halogens is 4. The second kappa shape index (κ2) is 4.82. The minimum absolute atomic E-state index is 0.0876. The molecule has 0 amide bonds. The van der Waals surface area contributed by atoms with Crippen molar-refractivity contribution in [3.8, 4) is 0 Å². The van der Waals surface area contributed by atoms with E-state index >= 15 is 0 Å². The van der Waals surface area contributed by atoms with Gasteiger partial charge in [-0.25, -0.2) is 9.18 Å². The number of hydrogen-bond acceptors (Lipinski definition) is 3. The van der Waals surface area contributed by atoms with E-state index in [1.807, 2.05) is 0 Å². The van der Waals surface area contributed by atoms with E-state index in [1.165, 1.54) is 6.92 Å². The van der Waals surface area contributed by atoms with E-state index in [2.05, 4.69) is 9.84 Å². The van der Waals surface area contributed by atoms with Gasteiger partial charge in [-0.1, -0.05) is 0 Å². The monoisotopic (exact) mass is 282 g/mol. The van der Waals surface area contributed by atoms with Crippen molar-refractivity contribution in [2.75, 3.05) is 6.61 Å². The Labute approximate surface area is 107 Å². The Kier molecular flexibility index (Phi) is 3.92. The maximum absolute atomic E-state index is 13.8. The van der Waals surface area contributed by atoms with Crippen molar-refractivity contribution in [3.05, 3.63) is 17.0 Å². The van der Waals surface area contributed by atoms with Gasteiger partial charge in [-0.05, 0) is 20.8 Å². The molecule has 0 unspecified atom stereocenters. The van der Waals surface area contributed by atoms with E-state index < -0.39 is 34.8 Å². The van der Waals surface area contributed by atoms with Gasteiger partial charge in [0, 0.05) is 7.05 Å². The summed E-state index contributed by atoms with van der Waals surface area (Å²) in [5.41, 5.74) is -5.34. The zero-order valence-electron chi connectivity index (χ0n) is 10.9. The number of rotatable bonds is 3. The molecule has 0 fully saturated rings. The second-order valence-electron chi connectivity index (χ2n) is 4.39. The van der Waals surface area contributed by atoms with Crippen LogP contribution < -0.4 is 0 Å². The van der Waals surface area contributed by atoms with Gasteiger partial charge in [-0.15, -0.1) is 0 Å². The summed E-state index contributed by atoms with van der Waals surface area (Å²) in [6.07, 6.45) is -4.89. The maximum Gasteiger partial charge on any atom is 0.420 e. The number of nitrogens with zero attached hydrogens (tertiary/aromatic N) is 2. The minimum Gasteiger partial charge on any atom is -0.461 e. The number of hydrogen-bond donors (Lipinski definition) is 0. The third kappa shape index (κ3) is 3.05. The van der Waals surface area contributed by atoms with Crippen LogP contribution in [0.2, 0.25) is 0 Å². The van der Waals surface area contributed by atoms with Crippen LogP contribution in [0.4, 0.5) is 17.6 Å². The lowest BCUT2D eigenvalue weighted by molar-refractivity contribution is -0.140. The van der Waals surface area contributed by atoms with Gasteiger partial charge in [-0.3, -0.25) is 4.68 Å². The molecule has 1 heterocycles. The minimum atomic E-state index is -4.89. The molecule has 0 bridgehead atoms. The first-order valence-corrected chi connectivity index (χ1v) is 5.50. The smallest absolute Gasteiger partial charge is 0.420 e. The van der Waals surface area contributed by atoms with Gasteiger partial charge in [0.1, 0.15) is 16.9 Å². The molecule has 0 aliphatic heterocycles. The lowest BCUT2D eigenvalue weighted by atomic mass is 10.0. The van der Waals surface area contributed by atoms with Crippen LogP contribution in [0.5, 0.6) is 0 Å². The predicted octanol–water partition coefficient (Wildman–Crippen LogP) is 2.82. The highest BCUT2D eigenvalue weighted by atomic mass is 19.4. The number of aryl methyl sites for hydroxylation is 1. The fraction of sp³-hybridized carbons (Fsp3) is 0.636. The summed E-state index contributed by atoms with van der Waals surface area (Å²) in [6, 6.07) is 0. The highest BCUT2D eigenvalue weighted by Crippen LogP contribution is 2.40. The van der Waals surface area contributed by atoms with Gasteiger partial charge in [0.05, 0.1) is 6.61 Å². The molecule has 0 N–H and O–H groups in total. The Bertz CT molecular complexity index is 486. The lowest BCUT2D eigenvalue weighted by Gasteiger charge is -2.15. The van der Waals surface area contributed by atoms with E-state index in [4.69, 9.17) is 0 Å². The lowest BCUT2D eigenvalue weighted by Crippen LogP contribution is -2.21. The summed E-state index contributed by atoms with van der Waals surface area (Å²) in [4.78, 5) is 11.6. The van der Waals surface area contributed by atoms with Crippen LogP contribution in [0.15, 0.2) is 0 Å². The SMILES string of the molecule is CCOC(=O)c1c(C(F)(F)F)c(C(C)(C)F)nn1C. The van der Waals surface area contributed by atoms with E-state index in [0.717, 1.165) is 20.9 Å². The highest BCUT2D eigenvalue weighted by Gasteiger charge is 2.46.